The number of hydrogen-bond donors (Lipinski definition) is 9. The van der Waals surface area contributed by atoms with Gasteiger partial charge in [0.05, 0.1) is 32.0 Å². The summed E-state index contributed by atoms with van der Waals surface area (Å²) in [5.74, 6) is -0.256. The highest BCUT2D eigenvalue weighted by molar-refractivity contribution is 5.76. The van der Waals surface area contributed by atoms with Crippen LogP contribution < -0.4 is 5.32 Å². The largest absolute Gasteiger partial charge is 0.394 e. The van der Waals surface area contributed by atoms with Crippen molar-refractivity contribution in [3.63, 3.8) is 0 Å². The first-order valence-corrected chi connectivity index (χ1v) is 33.8. The smallest absolute Gasteiger partial charge is 0.220 e. The van der Waals surface area contributed by atoms with Gasteiger partial charge in [0, 0.05) is 6.42 Å². The van der Waals surface area contributed by atoms with Crippen molar-refractivity contribution in [2.24, 2.45) is 0 Å². The number of unbranched alkanes of at least 4 members (excludes halogenated alkanes) is 22. The normalized spacial score (nSPS) is 24.2. The van der Waals surface area contributed by atoms with E-state index >= 15 is 0 Å². The zero-order valence-electron chi connectivity index (χ0n) is 53.3. The first-order valence-electron chi connectivity index (χ1n) is 33.8. The highest BCUT2D eigenvalue weighted by Crippen LogP contribution is 2.30. The van der Waals surface area contributed by atoms with Crippen LogP contribution in [0.2, 0.25) is 0 Å². The molecular formula is C72H121NO13. The van der Waals surface area contributed by atoms with E-state index in [4.69, 9.17) is 18.9 Å². The third-order valence-corrected chi connectivity index (χ3v) is 15.6. The molecule has 2 fully saturated rings. The van der Waals surface area contributed by atoms with E-state index < -0.39 is 86.8 Å². The number of amides is 1. The molecule has 2 aliphatic rings. The highest BCUT2D eigenvalue weighted by Gasteiger charge is 2.51. The molecule has 9 N–H and O–H groups in total. The van der Waals surface area contributed by atoms with Crippen LogP contribution in [0.15, 0.2) is 122 Å². The molecule has 492 valence electrons. The zero-order valence-corrected chi connectivity index (χ0v) is 53.3. The fourth-order valence-corrected chi connectivity index (χ4v) is 10.3. The van der Waals surface area contributed by atoms with Crippen molar-refractivity contribution >= 4 is 5.91 Å². The van der Waals surface area contributed by atoms with E-state index in [2.05, 4.69) is 129 Å². The molecule has 0 bridgehead atoms. The van der Waals surface area contributed by atoms with Crippen molar-refractivity contribution in [2.75, 3.05) is 19.8 Å². The van der Waals surface area contributed by atoms with Crippen LogP contribution in [0.1, 0.15) is 232 Å². The number of aliphatic hydroxyl groups is 8. The minimum atomic E-state index is -1.80. The number of ether oxygens (including phenoxy) is 4. The third-order valence-electron chi connectivity index (χ3n) is 15.6. The molecule has 86 heavy (non-hydrogen) atoms. The summed E-state index contributed by atoms with van der Waals surface area (Å²) >= 11 is 0. The molecule has 0 radical (unpaired) electrons. The molecule has 0 aromatic heterocycles. The average molecular weight is 1210 g/mol. The number of carbonyl (C=O) groups is 1. The Morgan fingerprint density at radius 3 is 1.28 bits per heavy atom. The molecule has 1 amide bonds. The topological polar surface area (TPSA) is 228 Å². The Hall–Kier alpha value is -3.61. The van der Waals surface area contributed by atoms with Gasteiger partial charge >= 0.3 is 0 Å². The zero-order chi connectivity index (χ0) is 62.3. The van der Waals surface area contributed by atoms with E-state index in [0.29, 0.717) is 12.8 Å². The lowest BCUT2D eigenvalue weighted by Crippen LogP contribution is -2.65. The Balaban J connectivity index is 1.64. The lowest BCUT2D eigenvalue weighted by molar-refractivity contribution is -0.359. The van der Waals surface area contributed by atoms with Crippen LogP contribution in [0.5, 0.6) is 0 Å². The predicted molar refractivity (Wildman–Crippen MR) is 350 cm³/mol. The summed E-state index contributed by atoms with van der Waals surface area (Å²) in [5, 5.41) is 87.2. The van der Waals surface area contributed by atoms with Crippen LogP contribution >= 0.6 is 0 Å². The molecule has 2 rings (SSSR count). The number of nitrogens with one attached hydrogen (secondary N) is 1. The Kier molecular flexibility index (Phi) is 50.6. The molecule has 2 heterocycles. The first-order chi connectivity index (χ1) is 42.1. The Labute approximate surface area is 520 Å². The molecule has 12 unspecified atom stereocenters. The standard InChI is InChI=1S/C72H121NO13/c1-3-5-7-9-11-13-15-17-19-20-21-22-23-24-25-26-27-28-29-30-31-32-33-34-35-36-37-38-39-40-42-44-46-48-50-52-54-56-64(77)73-60(61(76)55-53-51-49-47-45-43-41-18-16-14-12-10-8-6-4-2)59-83-71-69(82)67(80)70(63(58-75)85-71)86-72-68(81)66(79)65(78)62(57-74)84-72/h5,7,11,13,17,19,21-22,24-25,27-28,30-31,33-34,45,47,53,55,60-63,65-72,74-76,78-82H,3-4,6,8-10,12,14-16,18,20,23,26,29,32,35-44,46,48-52,54,56-59H2,1-2H3,(H,73,77)/b7-5-,13-11-,19-17-,22-21-,25-24-,28-27-,31-30-,34-33-,47-45+,55-53+. The van der Waals surface area contributed by atoms with Gasteiger partial charge in [-0.2, -0.15) is 0 Å². The molecule has 2 saturated heterocycles. The monoisotopic (exact) mass is 1210 g/mol. The van der Waals surface area contributed by atoms with Gasteiger partial charge in [-0.05, 0) is 96.3 Å². The van der Waals surface area contributed by atoms with Crippen LogP contribution in [0.4, 0.5) is 0 Å². The van der Waals surface area contributed by atoms with Crippen LogP contribution in [0, 0.1) is 0 Å². The Morgan fingerprint density at radius 1 is 0.430 bits per heavy atom. The summed E-state index contributed by atoms with van der Waals surface area (Å²) < 4.78 is 22.8. The fourth-order valence-electron chi connectivity index (χ4n) is 10.3. The van der Waals surface area contributed by atoms with E-state index in [1.54, 1.807) is 6.08 Å². The van der Waals surface area contributed by atoms with Crippen LogP contribution in [0.25, 0.3) is 0 Å². The first kappa shape index (κ1) is 78.5. The third kappa shape index (κ3) is 39.4. The summed E-state index contributed by atoms with van der Waals surface area (Å²) in [7, 11) is 0. The summed E-state index contributed by atoms with van der Waals surface area (Å²) in [4.78, 5) is 13.3. The van der Waals surface area contributed by atoms with E-state index in [0.717, 1.165) is 89.9 Å². The number of aliphatic hydroxyl groups excluding tert-OH is 8. The molecule has 2 aliphatic heterocycles. The molecule has 0 aliphatic carbocycles. The van der Waals surface area contributed by atoms with Gasteiger partial charge < -0.3 is 65.1 Å². The molecule has 14 nitrogen and oxygen atoms in total. The van der Waals surface area contributed by atoms with Crippen molar-refractivity contribution in [3.05, 3.63) is 122 Å². The summed E-state index contributed by atoms with van der Waals surface area (Å²) in [6.45, 7) is 2.65. The van der Waals surface area contributed by atoms with Crippen LogP contribution in [-0.4, -0.2) is 140 Å². The van der Waals surface area contributed by atoms with Gasteiger partial charge in [-0.25, -0.2) is 0 Å². The van der Waals surface area contributed by atoms with E-state index in [1.807, 2.05) is 6.08 Å². The summed E-state index contributed by atoms with van der Waals surface area (Å²) in [6, 6.07) is -0.940. The van der Waals surface area contributed by atoms with Gasteiger partial charge in [-0.1, -0.05) is 251 Å². The maximum atomic E-state index is 13.3. The van der Waals surface area contributed by atoms with Crippen molar-refractivity contribution in [3.8, 4) is 0 Å². The Bertz CT molecular complexity index is 1910. The summed E-state index contributed by atoms with van der Waals surface area (Å²) in [6.07, 6.45) is 63.9. The predicted octanol–water partition coefficient (Wildman–Crippen LogP) is 13.3. The number of rotatable bonds is 53. The summed E-state index contributed by atoms with van der Waals surface area (Å²) in [5.41, 5.74) is 0. The van der Waals surface area contributed by atoms with Gasteiger partial charge in [-0.3, -0.25) is 4.79 Å². The molecular weight excluding hydrogens is 1090 g/mol. The van der Waals surface area contributed by atoms with Crippen molar-refractivity contribution in [1.82, 2.24) is 5.32 Å². The van der Waals surface area contributed by atoms with Gasteiger partial charge in [-0.15, -0.1) is 0 Å². The number of hydrogen-bond acceptors (Lipinski definition) is 13. The van der Waals surface area contributed by atoms with E-state index in [-0.39, 0.29) is 18.9 Å². The van der Waals surface area contributed by atoms with Gasteiger partial charge in [0.1, 0.15) is 48.8 Å². The molecule has 12 atom stereocenters. The van der Waals surface area contributed by atoms with E-state index in [1.165, 1.54) is 109 Å². The van der Waals surface area contributed by atoms with Crippen molar-refractivity contribution in [2.45, 2.75) is 306 Å². The molecule has 0 saturated carbocycles. The second kappa shape index (κ2) is 55.5. The lowest BCUT2D eigenvalue weighted by Gasteiger charge is -2.46. The molecule has 0 spiro atoms. The fraction of sp³-hybridized carbons (Fsp3) is 0.708. The Morgan fingerprint density at radius 2 is 0.814 bits per heavy atom. The van der Waals surface area contributed by atoms with Crippen LogP contribution in [0.3, 0.4) is 0 Å². The van der Waals surface area contributed by atoms with Crippen molar-refractivity contribution < 1.29 is 64.6 Å². The van der Waals surface area contributed by atoms with E-state index in [9.17, 15) is 45.6 Å². The quantitative estimate of drug-likeness (QED) is 0.0204. The molecule has 0 aromatic carbocycles. The SMILES string of the molecule is CC/C=C\C/C=C\C/C=C\C/C=C\C/C=C\C/C=C\C/C=C\C/C=C\CCCCCCCCCCCCCCC(=O)NC(COC1OC(CO)C(OC2OC(CO)C(O)C(O)C2O)C(O)C1O)C(O)/C=C/CC/C=C/CCCCCCCCCCC. The van der Waals surface area contributed by atoms with Gasteiger partial charge in [0.2, 0.25) is 5.91 Å². The van der Waals surface area contributed by atoms with Gasteiger partial charge in [0.25, 0.3) is 0 Å². The van der Waals surface area contributed by atoms with Crippen LogP contribution in [-0.2, 0) is 23.7 Å². The minimum absolute atomic E-state index is 0.256. The highest BCUT2D eigenvalue weighted by atomic mass is 16.7. The second-order valence-corrected chi connectivity index (χ2v) is 23.2. The van der Waals surface area contributed by atoms with Crippen molar-refractivity contribution in [1.29, 1.82) is 0 Å². The number of carbonyl (C=O) groups excluding carboxylic acids is 1. The average Bonchev–Trinajstić information content (AvgIpc) is 1.83. The molecule has 0 aromatic rings. The minimum Gasteiger partial charge on any atom is -0.394 e. The molecule has 14 heteroatoms. The maximum Gasteiger partial charge on any atom is 0.220 e. The lowest BCUT2D eigenvalue weighted by atomic mass is 9.97. The van der Waals surface area contributed by atoms with Gasteiger partial charge in [0.15, 0.2) is 12.6 Å². The number of allylic oxidation sites excluding steroid dienone is 19. The maximum absolute atomic E-state index is 13.3. The second-order valence-electron chi connectivity index (χ2n) is 23.2.